The SMILES string of the molecule is CCCN(CC(N)=O)Cc1nnc(-c2cccs2)o1. The van der Waals surface area contributed by atoms with Crippen LogP contribution in [0.25, 0.3) is 10.8 Å². The number of amides is 1. The van der Waals surface area contributed by atoms with Gasteiger partial charge in [0, 0.05) is 0 Å². The van der Waals surface area contributed by atoms with E-state index in [-0.39, 0.29) is 12.5 Å². The number of thiophene rings is 1. The van der Waals surface area contributed by atoms with Gasteiger partial charge in [-0.05, 0) is 24.4 Å². The van der Waals surface area contributed by atoms with Gasteiger partial charge in [0.1, 0.15) is 0 Å². The number of hydrogen-bond donors (Lipinski definition) is 1. The molecule has 0 fully saturated rings. The molecule has 0 radical (unpaired) electrons. The molecule has 0 bridgehead atoms. The summed E-state index contributed by atoms with van der Waals surface area (Å²) in [5.41, 5.74) is 5.21. The normalized spacial score (nSPS) is 11.1. The molecular weight excluding hydrogens is 264 g/mol. The Morgan fingerprint density at radius 2 is 2.37 bits per heavy atom. The van der Waals surface area contributed by atoms with Crippen molar-refractivity contribution in [3.63, 3.8) is 0 Å². The number of nitrogens with two attached hydrogens (primary N) is 1. The third kappa shape index (κ3) is 3.87. The Kier molecular flexibility index (Phi) is 4.64. The summed E-state index contributed by atoms with van der Waals surface area (Å²) < 4.78 is 5.58. The van der Waals surface area contributed by atoms with Crippen LogP contribution in [0.5, 0.6) is 0 Å². The fourth-order valence-corrected chi connectivity index (χ4v) is 2.40. The summed E-state index contributed by atoms with van der Waals surface area (Å²) in [4.78, 5) is 13.8. The van der Waals surface area contributed by atoms with Gasteiger partial charge in [-0.2, -0.15) is 0 Å². The Bertz CT molecular complexity index is 524. The molecule has 0 aliphatic carbocycles. The monoisotopic (exact) mass is 280 g/mol. The van der Waals surface area contributed by atoms with Gasteiger partial charge in [0.25, 0.3) is 5.89 Å². The van der Waals surface area contributed by atoms with Gasteiger partial charge in [0.05, 0.1) is 18.0 Å². The average molecular weight is 280 g/mol. The molecule has 19 heavy (non-hydrogen) atoms. The largest absolute Gasteiger partial charge is 0.419 e. The number of primary amides is 1. The summed E-state index contributed by atoms with van der Waals surface area (Å²) >= 11 is 1.55. The fourth-order valence-electron chi connectivity index (χ4n) is 1.76. The molecule has 2 aromatic rings. The van der Waals surface area contributed by atoms with Crippen molar-refractivity contribution in [2.45, 2.75) is 19.9 Å². The van der Waals surface area contributed by atoms with E-state index in [1.807, 2.05) is 29.3 Å². The van der Waals surface area contributed by atoms with Gasteiger partial charge in [-0.25, -0.2) is 0 Å². The van der Waals surface area contributed by atoms with E-state index in [4.69, 9.17) is 10.2 Å². The number of hydrogen-bond acceptors (Lipinski definition) is 6. The van der Waals surface area contributed by atoms with Gasteiger partial charge >= 0.3 is 0 Å². The zero-order chi connectivity index (χ0) is 13.7. The molecule has 0 saturated carbocycles. The molecular formula is C12H16N4O2S. The maximum absolute atomic E-state index is 11.0. The summed E-state index contributed by atoms with van der Waals surface area (Å²) in [7, 11) is 0. The van der Waals surface area contributed by atoms with Gasteiger partial charge in [-0.15, -0.1) is 21.5 Å². The summed E-state index contributed by atoms with van der Waals surface area (Å²) in [6.45, 7) is 3.44. The van der Waals surface area contributed by atoms with E-state index in [2.05, 4.69) is 10.2 Å². The third-order valence-corrected chi connectivity index (χ3v) is 3.33. The van der Waals surface area contributed by atoms with Crippen LogP contribution in [0.1, 0.15) is 19.2 Å². The van der Waals surface area contributed by atoms with E-state index in [9.17, 15) is 4.79 Å². The van der Waals surface area contributed by atoms with E-state index < -0.39 is 0 Å². The molecule has 2 rings (SSSR count). The molecule has 0 unspecified atom stereocenters. The van der Waals surface area contributed by atoms with E-state index in [0.717, 1.165) is 17.8 Å². The van der Waals surface area contributed by atoms with Gasteiger partial charge in [-0.3, -0.25) is 9.69 Å². The average Bonchev–Trinajstić information content (AvgIpc) is 2.97. The zero-order valence-electron chi connectivity index (χ0n) is 10.7. The Morgan fingerprint density at radius 3 is 3.00 bits per heavy atom. The summed E-state index contributed by atoms with van der Waals surface area (Å²) in [6, 6.07) is 3.86. The molecule has 2 heterocycles. The third-order valence-electron chi connectivity index (χ3n) is 2.48. The molecule has 6 nitrogen and oxygen atoms in total. The zero-order valence-corrected chi connectivity index (χ0v) is 11.5. The molecule has 0 saturated heterocycles. The first kappa shape index (κ1) is 13.7. The second-order valence-electron chi connectivity index (χ2n) is 4.16. The van der Waals surface area contributed by atoms with Crippen molar-refractivity contribution in [2.24, 2.45) is 5.73 Å². The summed E-state index contributed by atoms with van der Waals surface area (Å²) in [6.07, 6.45) is 0.930. The summed E-state index contributed by atoms with van der Waals surface area (Å²) in [5, 5.41) is 9.95. The first-order valence-corrected chi connectivity index (χ1v) is 6.94. The number of nitrogens with zero attached hydrogens (tertiary/aromatic N) is 3. The number of carbonyl (C=O) groups excluding carboxylic acids is 1. The molecule has 0 aromatic carbocycles. The number of aromatic nitrogens is 2. The minimum atomic E-state index is -0.355. The van der Waals surface area contributed by atoms with Crippen molar-refractivity contribution in [3.05, 3.63) is 23.4 Å². The highest BCUT2D eigenvalue weighted by Gasteiger charge is 2.14. The fraction of sp³-hybridized carbons (Fsp3) is 0.417. The van der Waals surface area contributed by atoms with Crippen LogP contribution in [0.4, 0.5) is 0 Å². The van der Waals surface area contributed by atoms with Gasteiger partial charge < -0.3 is 10.2 Å². The van der Waals surface area contributed by atoms with Crippen molar-refractivity contribution in [1.29, 1.82) is 0 Å². The maximum atomic E-state index is 11.0. The van der Waals surface area contributed by atoms with Crippen LogP contribution in [0.3, 0.4) is 0 Å². The Morgan fingerprint density at radius 1 is 1.53 bits per heavy atom. The molecule has 0 aliphatic heterocycles. The highest BCUT2D eigenvalue weighted by molar-refractivity contribution is 7.13. The first-order chi connectivity index (χ1) is 9.19. The van der Waals surface area contributed by atoms with E-state index in [1.54, 1.807) is 11.3 Å². The number of rotatable bonds is 7. The van der Waals surface area contributed by atoms with Crippen LogP contribution in [0.2, 0.25) is 0 Å². The molecule has 0 atom stereocenters. The lowest BCUT2D eigenvalue weighted by molar-refractivity contribution is -0.119. The van der Waals surface area contributed by atoms with E-state index in [0.29, 0.717) is 18.3 Å². The minimum Gasteiger partial charge on any atom is -0.419 e. The van der Waals surface area contributed by atoms with Gasteiger partial charge in [0.15, 0.2) is 0 Å². The second-order valence-corrected chi connectivity index (χ2v) is 5.10. The Hall–Kier alpha value is -1.73. The molecule has 1 amide bonds. The van der Waals surface area contributed by atoms with Crippen LogP contribution in [0.15, 0.2) is 21.9 Å². The lowest BCUT2D eigenvalue weighted by Gasteiger charge is -2.17. The predicted octanol–water partition coefficient (Wildman–Crippen LogP) is 1.50. The van der Waals surface area contributed by atoms with E-state index >= 15 is 0 Å². The highest BCUT2D eigenvalue weighted by Crippen LogP contribution is 2.23. The molecule has 0 aliphatic rings. The van der Waals surface area contributed by atoms with Crippen LogP contribution in [0, 0.1) is 0 Å². The topological polar surface area (TPSA) is 85.2 Å². The van der Waals surface area contributed by atoms with Crippen LogP contribution < -0.4 is 5.73 Å². The molecule has 2 aromatic heterocycles. The molecule has 2 N–H and O–H groups in total. The summed E-state index contributed by atoms with van der Waals surface area (Å²) in [5.74, 6) is 0.657. The second kappa shape index (κ2) is 6.44. The smallest absolute Gasteiger partial charge is 0.257 e. The van der Waals surface area contributed by atoms with Crippen LogP contribution in [-0.2, 0) is 11.3 Å². The van der Waals surface area contributed by atoms with E-state index in [1.165, 1.54) is 0 Å². The van der Waals surface area contributed by atoms with Crippen molar-refractivity contribution >= 4 is 17.2 Å². The van der Waals surface area contributed by atoms with Crippen molar-refractivity contribution in [3.8, 4) is 10.8 Å². The van der Waals surface area contributed by atoms with Crippen LogP contribution >= 0.6 is 11.3 Å². The van der Waals surface area contributed by atoms with Crippen molar-refractivity contribution in [2.75, 3.05) is 13.1 Å². The minimum absolute atomic E-state index is 0.199. The standard InChI is InChI=1S/C12H16N4O2S/c1-2-5-16(7-10(13)17)8-11-14-15-12(18-11)9-4-3-6-19-9/h3-4,6H,2,5,7-8H2,1H3,(H2,13,17). The van der Waals surface area contributed by atoms with Crippen LogP contribution in [-0.4, -0.2) is 34.1 Å². The lowest BCUT2D eigenvalue weighted by atomic mass is 10.4. The molecule has 102 valence electrons. The number of carbonyl (C=O) groups is 1. The quantitative estimate of drug-likeness (QED) is 0.830. The predicted molar refractivity (Wildman–Crippen MR) is 72.4 cm³/mol. The highest BCUT2D eigenvalue weighted by atomic mass is 32.1. The Labute approximate surface area is 115 Å². The van der Waals surface area contributed by atoms with Crippen molar-refractivity contribution in [1.82, 2.24) is 15.1 Å². The maximum Gasteiger partial charge on any atom is 0.257 e. The first-order valence-electron chi connectivity index (χ1n) is 6.06. The molecule has 7 heteroatoms. The Balaban J connectivity index is 2.03. The van der Waals surface area contributed by atoms with Gasteiger partial charge in [0.2, 0.25) is 11.8 Å². The molecule has 0 spiro atoms. The lowest BCUT2D eigenvalue weighted by Crippen LogP contribution is -2.34. The van der Waals surface area contributed by atoms with Crippen molar-refractivity contribution < 1.29 is 9.21 Å². The van der Waals surface area contributed by atoms with Gasteiger partial charge in [-0.1, -0.05) is 13.0 Å².